The molecule has 30 heavy (non-hydrogen) atoms. The van der Waals surface area contributed by atoms with E-state index in [-0.39, 0.29) is 17.9 Å². The molecule has 0 saturated carbocycles. The molecule has 0 bridgehead atoms. The van der Waals surface area contributed by atoms with Crippen molar-refractivity contribution in [2.45, 2.75) is 18.9 Å². The second-order valence-electron chi connectivity index (χ2n) is 7.17. The summed E-state index contributed by atoms with van der Waals surface area (Å²) in [6, 6.07) is 19.8. The van der Waals surface area contributed by atoms with Crippen LogP contribution in [-0.4, -0.2) is 36.1 Å². The predicted octanol–water partition coefficient (Wildman–Crippen LogP) is 3.91. The van der Waals surface area contributed by atoms with Crippen LogP contribution in [0.2, 0.25) is 0 Å². The number of hydrogen-bond acceptors (Lipinski definition) is 4. The molecule has 4 rings (SSSR count). The van der Waals surface area contributed by atoms with Crippen molar-refractivity contribution in [1.29, 1.82) is 0 Å². The normalized spacial score (nSPS) is 15.5. The van der Waals surface area contributed by atoms with Crippen molar-refractivity contribution in [2.75, 3.05) is 18.5 Å². The van der Waals surface area contributed by atoms with E-state index in [9.17, 15) is 9.59 Å². The van der Waals surface area contributed by atoms with Crippen LogP contribution in [0, 0.1) is 0 Å². The first-order valence-corrected chi connectivity index (χ1v) is 10.0. The van der Waals surface area contributed by atoms with Gasteiger partial charge in [0.1, 0.15) is 0 Å². The van der Waals surface area contributed by atoms with Gasteiger partial charge in [-0.1, -0.05) is 18.2 Å². The van der Waals surface area contributed by atoms with E-state index in [1.807, 2.05) is 36.4 Å². The van der Waals surface area contributed by atoms with E-state index in [2.05, 4.69) is 15.6 Å². The lowest BCUT2D eigenvalue weighted by Crippen LogP contribution is -2.31. The number of nitrogens with one attached hydrogen (secondary N) is 2. The summed E-state index contributed by atoms with van der Waals surface area (Å²) in [4.78, 5) is 29.2. The van der Waals surface area contributed by atoms with Gasteiger partial charge in [0.15, 0.2) is 0 Å². The van der Waals surface area contributed by atoms with Crippen molar-refractivity contribution in [1.82, 2.24) is 10.3 Å². The van der Waals surface area contributed by atoms with Crippen LogP contribution in [0.15, 0.2) is 72.9 Å². The summed E-state index contributed by atoms with van der Waals surface area (Å²) in [5.74, 6) is -0.366. The van der Waals surface area contributed by atoms with Crippen LogP contribution in [0.4, 0.5) is 5.69 Å². The highest BCUT2D eigenvalue weighted by Crippen LogP contribution is 2.19. The van der Waals surface area contributed by atoms with E-state index in [0.29, 0.717) is 23.4 Å². The molecule has 0 radical (unpaired) electrons. The largest absolute Gasteiger partial charge is 0.376 e. The van der Waals surface area contributed by atoms with Gasteiger partial charge < -0.3 is 15.4 Å². The summed E-state index contributed by atoms with van der Waals surface area (Å²) >= 11 is 0. The quantitative estimate of drug-likeness (QED) is 0.656. The minimum atomic E-state index is -0.219. The molecule has 6 nitrogen and oxygen atoms in total. The summed E-state index contributed by atoms with van der Waals surface area (Å²) in [6.45, 7) is 1.28. The van der Waals surface area contributed by atoms with Crippen LogP contribution in [0.5, 0.6) is 0 Å². The van der Waals surface area contributed by atoms with Crippen LogP contribution >= 0.6 is 0 Å². The second kappa shape index (κ2) is 9.33. The number of carbonyl (C=O) groups is 2. The first-order chi connectivity index (χ1) is 14.7. The third-order valence-electron chi connectivity index (χ3n) is 5.00. The first kappa shape index (κ1) is 19.8. The number of anilines is 1. The van der Waals surface area contributed by atoms with Gasteiger partial charge in [-0.3, -0.25) is 14.6 Å². The molecule has 0 spiro atoms. The van der Waals surface area contributed by atoms with Gasteiger partial charge in [-0.15, -0.1) is 0 Å². The fourth-order valence-corrected chi connectivity index (χ4v) is 3.38. The number of aromatic nitrogens is 1. The van der Waals surface area contributed by atoms with Gasteiger partial charge in [0, 0.05) is 41.7 Å². The number of carbonyl (C=O) groups excluding carboxylic acids is 2. The van der Waals surface area contributed by atoms with Gasteiger partial charge in [-0.25, -0.2) is 0 Å². The first-order valence-electron chi connectivity index (χ1n) is 10.0. The van der Waals surface area contributed by atoms with Crippen LogP contribution in [0.1, 0.15) is 33.6 Å². The number of rotatable bonds is 6. The van der Waals surface area contributed by atoms with Gasteiger partial charge >= 0.3 is 0 Å². The maximum atomic E-state index is 12.6. The Kier molecular flexibility index (Phi) is 6.15. The Morgan fingerprint density at radius 2 is 1.83 bits per heavy atom. The molecule has 2 N–H and O–H groups in total. The van der Waals surface area contributed by atoms with Gasteiger partial charge in [-0.05, 0) is 61.4 Å². The molecule has 6 heteroatoms. The SMILES string of the molecule is O=C(NCC1CCCO1)c1ccc(NC(=O)c2cccc(-c3ccccn3)c2)cc1. The number of nitrogens with zero attached hydrogens (tertiary/aromatic N) is 1. The van der Waals surface area contributed by atoms with Gasteiger partial charge in [0.05, 0.1) is 11.8 Å². The molecule has 1 fully saturated rings. The van der Waals surface area contributed by atoms with Gasteiger partial charge in [-0.2, -0.15) is 0 Å². The molecule has 1 aliphatic heterocycles. The molecule has 1 saturated heterocycles. The van der Waals surface area contributed by atoms with Crippen molar-refractivity contribution in [2.24, 2.45) is 0 Å². The van der Waals surface area contributed by atoms with Crippen molar-refractivity contribution in [3.05, 3.63) is 84.1 Å². The second-order valence-corrected chi connectivity index (χ2v) is 7.17. The molecule has 1 atom stereocenters. The Hall–Kier alpha value is -3.51. The maximum absolute atomic E-state index is 12.6. The third kappa shape index (κ3) is 4.90. The number of pyridine rings is 1. The molecule has 2 amide bonds. The summed E-state index contributed by atoms with van der Waals surface area (Å²) in [5.41, 5.74) is 3.39. The summed E-state index contributed by atoms with van der Waals surface area (Å²) in [7, 11) is 0. The van der Waals surface area contributed by atoms with E-state index in [4.69, 9.17) is 4.74 Å². The minimum Gasteiger partial charge on any atom is -0.376 e. The van der Waals surface area contributed by atoms with Crippen molar-refractivity contribution < 1.29 is 14.3 Å². The molecule has 1 aromatic heterocycles. The summed E-state index contributed by atoms with van der Waals surface area (Å²) in [6.07, 6.45) is 3.85. The standard InChI is InChI=1S/C24H23N3O3/c28-23(26-16-21-7-4-14-30-21)17-9-11-20(12-10-17)27-24(29)19-6-3-5-18(15-19)22-8-1-2-13-25-22/h1-3,5-6,8-13,15,21H,4,7,14,16H2,(H,26,28)(H,27,29). The fraction of sp³-hybridized carbons (Fsp3) is 0.208. The van der Waals surface area contributed by atoms with E-state index in [1.54, 1.807) is 36.5 Å². The zero-order valence-electron chi connectivity index (χ0n) is 16.5. The lowest BCUT2D eigenvalue weighted by atomic mass is 10.1. The monoisotopic (exact) mass is 401 g/mol. The Morgan fingerprint density at radius 3 is 2.57 bits per heavy atom. The van der Waals surface area contributed by atoms with E-state index >= 15 is 0 Å². The van der Waals surface area contributed by atoms with Crippen molar-refractivity contribution in [3.63, 3.8) is 0 Å². The number of benzene rings is 2. The maximum Gasteiger partial charge on any atom is 0.255 e. The van der Waals surface area contributed by atoms with Gasteiger partial charge in [0.2, 0.25) is 0 Å². The molecule has 2 aromatic carbocycles. The molecule has 0 aliphatic carbocycles. The zero-order valence-corrected chi connectivity index (χ0v) is 16.5. The summed E-state index contributed by atoms with van der Waals surface area (Å²) < 4.78 is 5.51. The highest BCUT2D eigenvalue weighted by atomic mass is 16.5. The average Bonchev–Trinajstić information content (AvgIpc) is 3.32. The highest BCUT2D eigenvalue weighted by molar-refractivity contribution is 6.05. The third-order valence-corrected chi connectivity index (χ3v) is 5.00. The fourth-order valence-electron chi connectivity index (χ4n) is 3.38. The lowest BCUT2D eigenvalue weighted by Gasteiger charge is -2.11. The van der Waals surface area contributed by atoms with Crippen molar-refractivity contribution in [3.8, 4) is 11.3 Å². The Bertz CT molecular complexity index is 1010. The summed E-state index contributed by atoms with van der Waals surface area (Å²) in [5, 5.41) is 5.76. The Labute approximate surface area is 175 Å². The molecule has 3 aromatic rings. The van der Waals surface area contributed by atoms with Crippen LogP contribution < -0.4 is 10.6 Å². The van der Waals surface area contributed by atoms with E-state index in [1.165, 1.54) is 0 Å². The van der Waals surface area contributed by atoms with Crippen molar-refractivity contribution >= 4 is 17.5 Å². The Morgan fingerprint density at radius 1 is 0.967 bits per heavy atom. The smallest absolute Gasteiger partial charge is 0.255 e. The number of ether oxygens (including phenoxy) is 1. The number of amides is 2. The zero-order chi connectivity index (χ0) is 20.8. The predicted molar refractivity (Wildman–Crippen MR) is 115 cm³/mol. The van der Waals surface area contributed by atoms with Crippen LogP contribution in [0.3, 0.4) is 0 Å². The molecule has 1 unspecified atom stereocenters. The number of hydrogen-bond donors (Lipinski definition) is 2. The molecule has 2 heterocycles. The van der Waals surface area contributed by atoms with E-state index < -0.39 is 0 Å². The topological polar surface area (TPSA) is 80.3 Å². The van der Waals surface area contributed by atoms with Crippen LogP contribution in [0.25, 0.3) is 11.3 Å². The molecule has 152 valence electrons. The Balaban J connectivity index is 1.37. The molecule has 1 aliphatic rings. The molecular weight excluding hydrogens is 378 g/mol. The van der Waals surface area contributed by atoms with E-state index in [0.717, 1.165) is 30.7 Å². The van der Waals surface area contributed by atoms with Gasteiger partial charge in [0.25, 0.3) is 11.8 Å². The van der Waals surface area contributed by atoms with Crippen LogP contribution in [-0.2, 0) is 4.74 Å². The minimum absolute atomic E-state index is 0.106. The lowest BCUT2D eigenvalue weighted by molar-refractivity contribution is 0.0857. The average molecular weight is 401 g/mol. The molecular formula is C24H23N3O3. The highest BCUT2D eigenvalue weighted by Gasteiger charge is 2.16.